The zero-order valence-corrected chi connectivity index (χ0v) is 10.8. The first-order valence-electron chi connectivity index (χ1n) is 6.12. The normalized spacial score (nSPS) is 10.7. The molecule has 0 radical (unpaired) electrons. The number of hydrogen-bond donors (Lipinski definition) is 2. The highest BCUT2D eigenvalue weighted by Crippen LogP contribution is 2.25. The number of aliphatic hydroxyl groups excluding tert-OH is 1. The molecule has 0 aliphatic carbocycles. The van der Waals surface area contributed by atoms with Crippen LogP contribution in [0.5, 0.6) is 0 Å². The van der Waals surface area contributed by atoms with Crippen LogP contribution in [0.15, 0.2) is 12.1 Å². The van der Waals surface area contributed by atoms with Crippen molar-refractivity contribution in [1.29, 1.82) is 0 Å². The average molecular weight is 258 g/mol. The highest BCUT2D eigenvalue weighted by molar-refractivity contribution is 5.50. The van der Waals surface area contributed by atoms with Gasteiger partial charge in [-0.2, -0.15) is 0 Å². The zero-order valence-electron chi connectivity index (χ0n) is 10.8. The molecule has 1 rings (SSSR count). The first-order valence-corrected chi connectivity index (χ1v) is 6.12. The summed E-state index contributed by atoms with van der Waals surface area (Å²) in [6.45, 7) is 3.21. The van der Waals surface area contributed by atoms with Crippen molar-refractivity contribution in [3.8, 4) is 0 Å². The largest absolute Gasteiger partial charge is 0.396 e. The van der Waals surface area contributed by atoms with Gasteiger partial charge in [0.25, 0.3) is 0 Å². The minimum atomic E-state index is -0.556. The Morgan fingerprint density at radius 3 is 2.33 bits per heavy atom. The van der Waals surface area contributed by atoms with Crippen molar-refractivity contribution in [2.75, 3.05) is 31.6 Å². The molecule has 0 heterocycles. The van der Waals surface area contributed by atoms with E-state index in [-0.39, 0.29) is 12.3 Å². The zero-order chi connectivity index (χ0) is 13.5. The highest BCUT2D eigenvalue weighted by atomic mass is 19.1. The second kappa shape index (κ2) is 7.28. The molecular formula is C13H20F2N2O. The van der Waals surface area contributed by atoms with Crippen LogP contribution in [-0.2, 0) is 6.54 Å². The number of aliphatic hydroxyl groups is 1. The molecule has 1 aromatic carbocycles. The summed E-state index contributed by atoms with van der Waals surface area (Å²) in [5, 5.41) is 11.6. The summed E-state index contributed by atoms with van der Waals surface area (Å²) in [5.74, 6) is -1.11. The van der Waals surface area contributed by atoms with Crippen LogP contribution in [-0.4, -0.2) is 31.9 Å². The van der Waals surface area contributed by atoms with E-state index < -0.39 is 11.6 Å². The number of nitrogens with zero attached hydrogens (tertiary/aromatic N) is 1. The molecule has 0 fully saturated rings. The monoisotopic (exact) mass is 258 g/mol. The Kier molecular flexibility index (Phi) is 6.01. The van der Waals surface area contributed by atoms with Crippen molar-refractivity contribution in [3.05, 3.63) is 29.3 Å². The fourth-order valence-electron chi connectivity index (χ4n) is 1.92. The first kappa shape index (κ1) is 14.9. The minimum Gasteiger partial charge on any atom is -0.396 e. The summed E-state index contributed by atoms with van der Waals surface area (Å²) in [4.78, 5) is 1.60. The van der Waals surface area contributed by atoms with Gasteiger partial charge in [0.1, 0.15) is 17.3 Å². The Labute approximate surface area is 106 Å². The van der Waals surface area contributed by atoms with E-state index >= 15 is 0 Å². The van der Waals surface area contributed by atoms with Gasteiger partial charge in [-0.1, -0.05) is 0 Å². The van der Waals surface area contributed by atoms with Gasteiger partial charge in [-0.25, -0.2) is 8.78 Å². The van der Waals surface area contributed by atoms with Gasteiger partial charge in [0.15, 0.2) is 0 Å². The van der Waals surface area contributed by atoms with Crippen molar-refractivity contribution in [2.45, 2.75) is 19.9 Å². The summed E-state index contributed by atoms with van der Waals surface area (Å²) in [5.41, 5.74) is 0.570. The molecule has 0 unspecified atom stereocenters. The van der Waals surface area contributed by atoms with Crippen LogP contribution < -0.4 is 10.2 Å². The Morgan fingerprint density at radius 1 is 1.28 bits per heavy atom. The third-order valence-electron chi connectivity index (χ3n) is 2.74. The summed E-state index contributed by atoms with van der Waals surface area (Å²) in [6.07, 6.45) is 0.491. The van der Waals surface area contributed by atoms with Crippen molar-refractivity contribution < 1.29 is 13.9 Å². The van der Waals surface area contributed by atoms with Crippen molar-refractivity contribution >= 4 is 5.69 Å². The lowest BCUT2D eigenvalue weighted by Crippen LogP contribution is -2.27. The van der Waals surface area contributed by atoms with E-state index in [1.807, 2.05) is 6.92 Å². The molecule has 0 aliphatic heterocycles. The van der Waals surface area contributed by atoms with E-state index in [2.05, 4.69) is 5.32 Å². The van der Waals surface area contributed by atoms with Crippen LogP contribution in [0.1, 0.15) is 18.9 Å². The molecule has 0 saturated carbocycles. The maximum absolute atomic E-state index is 13.9. The lowest BCUT2D eigenvalue weighted by atomic mass is 10.1. The Hall–Kier alpha value is -1.20. The van der Waals surface area contributed by atoms with Crippen molar-refractivity contribution in [1.82, 2.24) is 5.32 Å². The molecule has 0 atom stereocenters. The van der Waals surface area contributed by atoms with Gasteiger partial charge >= 0.3 is 0 Å². The van der Waals surface area contributed by atoms with Gasteiger partial charge in [0.2, 0.25) is 0 Å². The van der Waals surface area contributed by atoms with Crippen LogP contribution >= 0.6 is 0 Å². The molecule has 2 N–H and O–H groups in total. The molecule has 102 valence electrons. The summed E-state index contributed by atoms with van der Waals surface area (Å²) in [6, 6.07) is 2.69. The number of rotatable bonds is 7. The molecular weight excluding hydrogens is 238 g/mol. The molecule has 0 aliphatic rings. The highest BCUT2D eigenvalue weighted by Gasteiger charge is 2.16. The molecule has 0 spiro atoms. The third-order valence-corrected chi connectivity index (χ3v) is 2.74. The molecule has 0 aromatic heterocycles. The predicted octanol–water partition coefficient (Wildman–Crippen LogP) is 1.89. The maximum Gasteiger partial charge on any atom is 0.149 e. The Balaban J connectivity index is 2.99. The van der Waals surface area contributed by atoms with Gasteiger partial charge in [0.05, 0.1) is 0 Å². The van der Waals surface area contributed by atoms with Crippen molar-refractivity contribution in [3.63, 3.8) is 0 Å². The lowest BCUT2D eigenvalue weighted by Gasteiger charge is -2.24. The first-order chi connectivity index (χ1) is 8.63. The van der Waals surface area contributed by atoms with Gasteiger partial charge in [0, 0.05) is 26.2 Å². The fraction of sp³-hybridized carbons (Fsp3) is 0.538. The van der Waals surface area contributed by atoms with E-state index in [1.54, 1.807) is 11.9 Å². The van der Waals surface area contributed by atoms with Gasteiger partial charge < -0.3 is 15.3 Å². The summed E-state index contributed by atoms with van der Waals surface area (Å²) < 4.78 is 27.9. The second-order valence-corrected chi connectivity index (χ2v) is 4.10. The molecule has 5 heteroatoms. The van der Waals surface area contributed by atoms with Crippen LogP contribution in [0.4, 0.5) is 14.5 Å². The van der Waals surface area contributed by atoms with E-state index in [4.69, 9.17) is 5.11 Å². The maximum atomic E-state index is 13.9. The number of benzene rings is 1. The molecule has 3 nitrogen and oxygen atoms in total. The second-order valence-electron chi connectivity index (χ2n) is 4.10. The minimum absolute atomic E-state index is 0.00852. The third kappa shape index (κ3) is 3.65. The van der Waals surface area contributed by atoms with E-state index in [0.29, 0.717) is 31.6 Å². The van der Waals surface area contributed by atoms with E-state index in [1.165, 1.54) is 12.1 Å². The van der Waals surface area contributed by atoms with Gasteiger partial charge in [-0.05, 0) is 38.1 Å². The molecule has 0 bridgehead atoms. The Morgan fingerprint density at radius 2 is 1.89 bits per heavy atom. The van der Waals surface area contributed by atoms with Gasteiger partial charge in [-0.3, -0.25) is 0 Å². The molecule has 18 heavy (non-hydrogen) atoms. The molecule has 0 saturated heterocycles. The number of halogens is 2. The van der Waals surface area contributed by atoms with Gasteiger partial charge in [-0.15, -0.1) is 0 Å². The number of anilines is 1. The fourth-order valence-corrected chi connectivity index (χ4v) is 1.92. The Bertz CT molecular complexity index is 362. The topological polar surface area (TPSA) is 35.5 Å². The van der Waals surface area contributed by atoms with Crippen LogP contribution in [0.3, 0.4) is 0 Å². The lowest BCUT2D eigenvalue weighted by molar-refractivity contribution is 0.289. The van der Waals surface area contributed by atoms with Crippen LogP contribution in [0.25, 0.3) is 0 Å². The number of hydrogen-bond acceptors (Lipinski definition) is 3. The smallest absolute Gasteiger partial charge is 0.149 e. The van der Waals surface area contributed by atoms with Crippen molar-refractivity contribution in [2.24, 2.45) is 0 Å². The number of nitrogens with one attached hydrogen (secondary N) is 1. The predicted molar refractivity (Wildman–Crippen MR) is 68.7 cm³/mol. The van der Waals surface area contributed by atoms with Crippen LogP contribution in [0.2, 0.25) is 0 Å². The van der Waals surface area contributed by atoms with Crippen LogP contribution in [0, 0.1) is 11.6 Å². The SMILES string of the molecule is CCN(CCCO)c1c(F)cc(CNC)cc1F. The molecule has 0 amide bonds. The van der Waals surface area contributed by atoms with E-state index in [0.717, 1.165) is 0 Å². The quantitative estimate of drug-likeness (QED) is 0.784. The summed E-state index contributed by atoms with van der Waals surface area (Å²) >= 11 is 0. The van der Waals surface area contributed by atoms with E-state index in [9.17, 15) is 8.78 Å². The molecule has 1 aromatic rings. The average Bonchev–Trinajstić information content (AvgIpc) is 2.33. The standard InChI is InChI=1S/C13H20F2N2O/c1-3-17(5-4-6-18)13-11(14)7-10(9-16-2)8-12(13)15/h7-8,16,18H,3-6,9H2,1-2H3. The summed E-state index contributed by atoms with van der Waals surface area (Å²) in [7, 11) is 1.73.